The van der Waals surface area contributed by atoms with Crippen LogP contribution in [0.4, 0.5) is 5.69 Å². The van der Waals surface area contributed by atoms with Crippen LogP contribution in [-0.4, -0.2) is 16.8 Å². The van der Waals surface area contributed by atoms with Crippen LogP contribution >= 0.6 is 11.6 Å². The monoisotopic (exact) mass is 294 g/mol. The second kappa shape index (κ2) is 5.44. The van der Waals surface area contributed by atoms with Gasteiger partial charge in [0.25, 0.3) is 0 Å². The lowest BCUT2D eigenvalue weighted by Crippen LogP contribution is -2.32. The molecule has 0 aliphatic heterocycles. The summed E-state index contributed by atoms with van der Waals surface area (Å²) in [4.78, 5) is 16.5. The Kier molecular flexibility index (Phi) is 4.04. The van der Waals surface area contributed by atoms with Crippen LogP contribution in [0.25, 0.3) is 11.1 Å². The zero-order valence-corrected chi connectivity index (χ0v) is 12.9. The highest BCUT2D eigenvalue weighted by atomic mass is 35.5. The highest BCUT2D eigenvalue weighted by Gasteiger charge is 2.26. The Bertz CT molecular complexity index is 632. The number of nitrogens with one attached hydrogen (secondary N) is 1. The van der Waals surface area contributed by atoms with Crippen molar-refractivity contribution >= 4 is 34.3 Å². The number of fused-ring (bicyclic) bond motifs is 1. The van der Waals surface area contributed by atoms with Gasteiger partial charge in [-0.2, -0.15) is 0 Å². The third-order valence-electron chi connectivity index (χ3n) is 3.10. The Labute approximate surface area is 123 Å². The first-order valence-corrected chi connectivity index (χ1v) is 7.15. The van der Waals surface area contributed by atoms with Crippen molar-refractivity contribution in [2.24, 2.45) is 5.41 Å². The van der Waals surface area contributed by atoms with Crippen molar-refractivity contribution in [2.45, 2.75) is 33.6 Å². The van der Waals surface area contributed by atoms with Gasteiger partial charge >= 0.3 is 0 Å². The lowest BCUT2D eigenvalue weighted by atomic mass is 9.95. The predicted molar refractivity (Wildman–Crippen MR) is 81.2 cm³/mol. The first-order valence-electron chi connectivity index (χ1n) is 6.61. The van der Waals surface area contributed by atoms with Gasteiger partial charge in [0, 0.05) is 17.5 Å². The van der Waals surface area contributed by atoms with E-state index in [0.717, 1.165) is 11.1 Å². The van der Waals surface area contributed by atoms with Gasteiger partial charge in [-0.25, -0.2) is 4.98 Å². The SMILES string of the molecule is CC(C)c1nc2cc(NC(=O)C(C)(C)CCl)ccc2o1. The smallest absolute Gasteiger partial charge is 0.231 e. The maximum atomic E-state index is 12.1. The number of nitrogens with zero attached hydrogens (tertiary/aromatic N) is 1. The van der Waals surface area contributed by atoms with Crippen molar-refractivity contribution in [3.8, 4) is 0 Å². The fraction of sp³-hybridized carbons (Fsp3) is 0.467. The van der Waals surface area contributed by atoms with Crippen molar-refractivity contribution in [3.05, 3.63) is 24.1 Å². The second-order valence-electron chi connectivity index (χ2n) is 5.86. The first-order chi connectivity index (χ1) is 9.33. The zero-order chi connectivity index (χ0) is 14.9. The van der Waals surface area contributed by atoms with Crippen molar-refractivity contribution in [1.82, 2.24) is 4.98 Å². The van der Waals surface area contributed by atoms with Gasteiger partial charge in [0.2, 0.25) is 5.91 Å². The summed E-state index contributed by atoms with van der Waals surface area (Å²) in [6.07, 6.45) is 0. The number of amides is 1. The van der Waals surface area contributed by atoms with Crippen molar-refractivity contribution in [3.63, 3.8) is 0 Å². The number of alkyl halides is 1. The van der Waals surface area contributed by atoms with Crippen LogP contribution in [0.5, 0.6) is 0 Å². The van der Waals surface area contributed by atoms with Gasteiger partial charge in [0.05, 0.1) is 5.41 Å². The topological polar surface area (TPSA) is 55.1 Å². The number of rotatable bonds is 4. The van der Waals surface area contributed by atoms with E-state index in [2.05, 4.69) is 10.3 Å². The molecule has 1 aromatic carbocycles. The van der Waals surface area contributed by atoms with Gasteiger partial charge in [-0.05, 0) is 32.0 Å². The van der Waals surface area contributed by atoms with Gasteiger partial charge in [0.15, 0.2) is 11.5 Å². The molecule has 0 bridgehead atoms. The van der Waals surface area contributed by atoms with E-state index in [0.29, 0.717) is 11.6 Å². The van der Waals surface area contributed by atoms with Crippen LogP contribution in [0.1, 0.15) is 39.5 Å². The summed E-state index contributed by atoms with van der Waals surface area (Å²) in [7, 11) is 0. The molecule has 4 nitrogen and oxygen atoms in total. The minimum Gasteiger partial charge on any atom is -0.440 e. The molecule has 1 aromatic heterocycles. The van der Waals surface area contributed by atoms with E-state index in [9.17, 15) is 4.79 Å². The normalized spacial score (nSPS) is 12.1. The molecule has 0 atom stereocenters. The first kappa shape index (κ1) is 14.9. The minimum atomic E-state index is -0.608. The fourth-order valence-corrected chi connectivity index (χ4v) is 1.75. The van der Waals surface area contributed by atoms with Crippen molar-refractivity contribution in [1.29, 1.82) is 0 Å². The second-order valence-corrected chi connectivity index (χ2v) is 6.13. The Morgan fingerprint density at radius 3 is 2.75 bits per heavy atom. The molecule has 1 N–H and O–H groups in total. The number of benzene rings is 1. The molecule has 2 aromatic rings. The molecular formula is C15H19ClN2O2. The fourth-order valence-electron chi connectivity index (χ4n) is 1.63. The van der Waals surface area contributed by atoms with E-state index >= 15 is 0 Å². The summed E-state index contributed by atoms with van der Waals surface area (Å²) in [5.74, 6) is 1.09. The van der Waals surface area contributed by atoms with Crippen LogP contribution < -0.4 is 5.32 Å². The van der Waals surface area contributed by atoms with E-state index in [-0.39, 0.29) is 17.7 Å². The number of aromatic nitrogens is 1. The maximum absolute atomic E-state index is 12.1. The molecule has 0 saturated heterocycles. The Balaban J connectivity index is 2.26. The van der Waals surface area contributed by atoms with Gasteiger partial charge in [-0.15, -0.1) is 11.6 Å². The predicted octanol–water partition coefficient (Wildman–Crippen LogP) is 4.15. The standard InChI is InChI=1S/C15H19ClN2O2/c1-9(2)13-18-11-7-10(5-6-12(11)20-13)17-14(19)15(3,4)8-16/h5-7,9H,8H2,1-4H3,(H,17,19). The lowest BCUT2D eigenvalue weighted by Gasteiger charge is -2.20. The molecule has 0 aliphatic carbocycles. The van der Waals surface area contributed by atoms with Crippen LogP contribution in [0.15, 0.2) is 22.6 Å². The number of hydrogen-bond donors (Lipinski definition) is 1. The average molecular weight is 295 g/mol. The van der Waals surface area contributed by atoms with E-state index in [4.69, 9.17) is 16.0 Å². The Hall–Kier alpha value is -1.55. The van der Waals surface area contributed by atoms with Gasteiger partial charge in [-0.3, -0.25) is 4.79 Å². The number of carbonyl (C=O) groups is 1. The maximum Gasteiger partial charge on any atom is 0.231 e. The molecule has 0 saturated carbocycles. The highest BCUT2D eigenvalue weighted by molar-refractivity contribution is 6.20. The van der Waals surface area contributed by atoms with Crippen LogP contribution in [0.2, 0.25) is 0 Å². The Morgan fingerprint density at radius 2 is 2.15 bits per heavy atom. The summed E-state index contributed by atoms with van der Waals surface area (Å²) in [6.45, 7) is 7.66. The van der Waals surface area contributed by atoms with Crippen LogP contribution in [-0.2, 0) is 4.79 Å². The summed E-state index contributed by atoms with van der Waals surface area (Å²) in [5.41, 5.74) is 1.56. The third-order valence-corrected chi connectivity index (χ3v) is 3.77. The summed E-state index contributed by atoms with van der Waals surface area (Å²) in [5, 5.41) is 2.86. The van der Waals surface area contributed by atoms with E-state index in [1.807, 2.05) is 26.0 Å². The molecular weight excluding hydrogens is 276 g/mol. The molecule has 1 amide bonds. The van der Waals surface area contributed by atoms with Crippen molar-refractivity contribution in [2.75, 3.05) is 11.2 Å². The highest BCUT2D eigenvalue weighted by Crippen LogP contribution is 2.25. The molecule has 2 rings (SSSR count). The summed E-state index contributed by atoms with van der Waals surface area (Å²) >= 11 is 5.80. The van der Waals surface area contributed by atoms with Crippen LogP contribution in [0.3, 0.4) is 0 Å². The number of halogens is 1. The number of hydrogen-bond acceptors (Lipinski definition) is 3. The number of carbonyl (C=O) groups excluding carboxylic acids is 1. The molecule has 108 valence electrons. The van der Waals surface area contributed by atoms with Gasteiger partial charge in [-0.1, -0.05) is 13.8 Å². The summed E-state index contributed by atoms with van der Waals surface area (Å²) in [6, 6.07) is 5.43. The average Bonchev–Trinajstić information content (AvgIpc) is 2.82. The molecule has 0 unspecified atom stereocenters. The number of oxazole rings is 1. The summed E-state index contributed by atoms with van der Waals surface area (Å²) < 4.78 is 5.63. The largest absolute Gasteiger partial charge is 0.440 e. The molecule has 0 fully saturated rings. The van der Waals surface area contributed by atoms with Gasteiger partial charge < -0.3 is 9.73 Å². The molecule has 1 heterocycles. The van der Waals surface area contributed by atoms with E-state index in [1.54, 1.807) is 19.9 Å². The van der Waals surface area contributed by atoms with E-state index < -0.39 is 5.41 Å². The van der Waals surface area contributed by atoms with Gasteiger partial charge in [0.1, 0.15) is 5.52 Å². The zero-order valence-electron chi connectivity index (χ0n) is 12.2. The molecule has 20 heavy (non-hydrogen) atoms. The lowest BCUT2D eigenvalue weighted by molar-refractivity contribution is -0.122. The minimum absolute atomic E-state index is 0.112. The molecule has 0 spiro atoms. The quantitative estimate of drug-likeness (QED) is 0.862. The Morgan fingerprint density at radius 1 is 1.45 bits per heavy atom. The molecule has 5 heteroatoms. The van der Waals surface area contributed by atoms with E-state index in [1.165, 1.54) is 0 Å². The van der Waals surface area contributed by atoms with Crippen molar-refractivity contribution < 1.29 is 9.21 Å². The third kappa shape index (κ3) is 2.96. The van der Waals surface area contributed by atoms with Crippen LogP contribution in [0, 0.1) is 5.41 Å². The number of anilines is 1. The molecule has 0 aliphatic rings. The molecule has 0 radical (unpaired) electrons.